The molecule has 1 aromatic rings. The maximum atomic E-state index is 13.3. The van der Waals surface area contributed by atoms with E-state index in [2.05, 4.69) is 10.6 Å². The maximum absolute atomic E-state index is 13.3. The summed E-state index contributed by atoms with van der Waals surface area (Å²) < 4.78 is 22.3. The first kappa shape index (κ1) is 33.2. The number of carbonyl (C=O) groups is 3. The summed E-state index contributed by atoms with van der Waals surface area (Å²) in [5.74, 6) is -1.31. The lowest BCUT2D eigenvalue weighted by molar-refractivity contribution is -0.151. The number of methoxy groups -OCH3 is 2. The number of aliphatic hydroxyl groups is 1. The Hall–Kier alpha value is -3.34. The van der Waals surface area contributed by atoms with Gasteiger partial charge in [-0.2, -0.15) is 0 Å². The van der Waals surface area contributed by atoms with Gasteiger partial charge < -0.3 is 29.4 Å². The van der Waals surface area contributed by atoms with E-state index in [1.165, 1.54) is 14.2 Å². The average molecular weight is 605 g/mol. The summed E-state index contributed by atoms with van der Waals surface area (Å²) in [4.78, 5) is 38.4. The molecule has 230 valence electrons. The van der Waals surface area contributed by atoms with Gasteiger partial charge in [0.05, 0.1) is 25.1 Å². The van der Waals surface area contributed by atoms with Crippen molar-refractivity contribution in [2.45, 2.75) is 77.9 Å². The van der Waals surface area contributed by atoms with Crippen LogP contribution in [0.5, 0.6) is 5.75 Å². The Morgan fingerprint density at radius 2 is 1.93 bits per heavy atom. The van der Waals surface area contributed by atoms with Crippen LogP contribution in [0.15, 0.2) is 47.6 Å². The first-order valence-electron chi connectivity index (χ1n) is 13.9. The van der Waals surface area contributed by atoms with Gasteiger partial charge >= 0.3 is 12.1 Å². The van der Waals surface area contributed by atoms with Crippen molar-refractivity contribution in [2.24, 2.45) is 11.8 Å². The number of halogens is 1. The number of carbonyl (C=O) groups excluding carboxylic acids is 3. The summed E-state index contributed by atoms with van der Waals surface area (Å²) in [7, 11) is 2.94. The molecule has 5 atom stereocenters. The molecular weight excluding hydrogens is 564 g/mol. The molecule has 2 heterocycles. The minimum atomic E-state index is -1.74. The van der Waals surface area contributed by atoms with Gasteiger partial charge in [-0.15, -0.1) is 0 Å². The molecule has 0 aliphatic carbocycles. The third-order valence-electron chi connectivity index (χ3n) is 7.28. The molecule has 2 amide bonds. The second kappa shape index (κ2) is 14.2. The zero-order valence-electron chi connectivity index (χ0n) is 25.2. The Labute approximate surface area is 252 Å². The number of esters is 1. The molecule has 1 aromatic carbocycles. The number of allylic oxidation sites excluding steroid dienone is 3. The third-order valence-corrected chi connectivity index (χ3v) is 7.67. The van der Waals surface area contributed by atoms with Crippen molar-refractivity contribution in [3.8, 4) is 5.75 Å². The number of nitrogens with one attached hydrogen (secondary N) is 2. The van der Waals surface area contributed by atoms with E-state index in [4.69, 9.17) is 30.5 Å². The second-order valence-corrected chi connectivity index (χ2v) is 11.6. The molecule has 2 aliphatic rings. The Balaban J connectivity index is 2.10. The Kier molecular flexibility index (Phi) is 11.2. The van der Waals surface area contributed by atoms with Crippen molar-refractivity contribution >= 4 is 35.3 Å². The van der Waals surface area contributed by atoms with Crippen molar-refractivity contribution in [3.05, 3.63) is 58.2 Å². The molecule has 0 aromatic heterocycles. The van der Waals surface area contributed by atoms with Crippen LogP contribution in [0.4, 0.5) is 10.5 Å². The van der Waals surface area contributed by atoms with Gasteiger partial charge in [-0.3, -0.25) is 14.9 Å². The Bertz CT molecular complexity index is 1270. The van der Waals surface area contributed by atoms with Crippen LogP contribution in [0.25, 0.3) is 0 Å². The molecule has 2 aliphatic heterocycles. The van der Waals surface area contributed by atoms with Crippen LogP contribution in [0, 0.1) is 11.8 Å². The van der Waals surface area contributed by atoms with Gasteiger partial charge in [-0.1, -0.05) is 62.2 Å². The van der Waals surface area contributed by atoms with Gasteiger partial charge in [-0.05, 0) is 43.5 Å². The standard InChI is InChI=1S/C31H41ClN2O8/c1-17(2)29(36)41-23-15-27(35)33-22-13-21(14-24(39-6)28(22)32)11-18(3)9-8-10-26(40-7)31(38)16-25(42-30(37)34-31)20(5)12-19(23)4/h8-10,12-14,17,20,23,25-26,38H,11,15-16H2,1-7H3,(H,33,35)(H,34,37)/b10-8+,18-9+,19-12+/t20-,23-,25-,26+,31-/m0/s1. The summed E-state index contributed by atoms with van der Waals surface area (Å²) >= 11 is 6.54. The number of alkyl carbamates (subject to hydrolysis) is 1. The van der Waals surface area contributed by atoms with Crippen LogP contribution in [0.1, 0.15) is 53.0 Å². The number of hydrogen-bond acceptors (Lipinski definition) is 8. The minimum absolute atomic E-state index is 0.0241. The molecule has 42 heavy (non-hydrogen) atoms. The van der Waals surface area contributed by atoms with Gasteiger partial charge in [-0.25, -0.2) is 4.79 Å². The highest BCUT2D eigenvalue weighted by atomic mass is 35.5. The largest absolute Gasteiger partial charge is 0.495 e. The predicted molar refractivity (Wildman–Crippen MR) is 159 cm³/mol. The van der Waals surface area contributed by atoms with E-state index in [1.54, 1.807) is 51.1 Å². The smallest absolute Gasteiger partial charge is 0.409 e. The van der Waals surface area contributed by atoms with Crippen LogP contribution < -0.4 is 15.4 Å². The quantitative estimate of drug-likeness (QED) is 0.320. The van der Waals surface area contributed by atoms with Crippen molar-refractivity contribution in [3.63, 3.8) is 0 Å². The first-order chi connectivity index (χ1) is 19.8. The fourth-order valence-corrected chi connectivity index (χ4v) is 5.16. The van der Waals surface area contributed by atoms with Crippen LogP contribution in [0.3, 0.4) is 0 Å². The van der Waals surface area contributed by atoms with Crippen LogP contribution in [0.2, 0.25) is 5.02 Å². The molecule has 0 spiro atoms. The van der Waals surface area contributed by atoms with Gasteiger partial charge in [0.25, 0.3) is 0 Å². The molecule has 10 nitrogen and oxygen atoms in total. The highest BCUT2D eigenvalue weighted by Crippen LogP contribution is 2.35. The normalized spacial score (nSPS) is 30.5. The SMILES string of the molecule is COc1cc2cc(c1Cl)NC(=O)C[C@H](OC(=O)C(C)C)/C(C)=C/[C@H](C)[C@@H]1C[C@@](O)(NC(=O)O1)[C@H](OC)/C=C/C=C(\C)C2. The Morgan fingerprint density at radius 1 is 1.21 bits per heavy atom. The van der Waals surface area contributed by atoms with E-state index in [-0.39, 0.29) is 17.9 Å². The molecular formula is C31H41ClN2O8. The predicted octanol–water partition coefficient (Wildman–Crippen LogP) is 5.09. The van der Waals surface area contributed by atoms with Crippen LogP contribution in [-0.4, -0.2) is 61.3 Å². The zero-order valence-corrected chi connectivity index (χ0v) is 25.9. The lowest BCUT2D eigenvalue weighted by Crippen LogP contribution is -2.63. The van der Waals surface area contributed by atoms with Crippen molar-refractivity contribution in [1.29, 1.82) is 0 Å². The average Bonchev–Trinajstić information content (AvgIpc) is 2.91. The number of benzene rings is 1. The molecule has 11 heteroatoms. The maximum Gasteiger partial charge on any atom is 0.409 e. The van der Waals surface area contributed by atoms with Crippen molar-refractivity contribution < 1.29 is 38.4 Å². The lowest BCUT2D eigenvalue weighted by Gasteiger charge is -2.41. The second-order valence-electron chi connectivity index (χ2n) is 11.2. The summed E-state index contributed by atoms with van der Waals surface area (Å²) in [5.41, 5.74) is 1.00. The highest BCUT2D eigenvalue weighted by molar-refractivity contribution is 6.35. The van der Waals surface area contributed by atoms with E-state index >= 15 is 0 Å². The molecule has 4 bridgehead atoms. The number of fused-ring (bicyclic) bond motifs is 4. The fraction of sp³-hybridized carbons (Fsp3) is 0.516. The molecule has 1 saturated heterocycles. The number of ether oxygens (including phenoxy) is 4. The van der Waals surface area contributed by atoms with Gasteiger partial charge in [0.1, 0.15) is 29.1 Å². The zero-order chi connectivity index (χ0) is 31.2. The summed E-state index contributed by atoms with van der Waals surface area (Å²) in [6, 6.07) is 3.57. The molecule has 0 unspecified atom stereocenters. The summed E-state index contributed by atoms with van der Waals surface area (Å²) in [5, 5.41) is 17.1. The van der Waals surface area contributed by atoms with E-state index in [0.717, 1.165) is 11.1 Å². The number of amides is 2. The van der Waals surface area contributed by atoms with Crippen LogP contribution >= 0.6 is 11.6 Å². The number of anilines is 1. The highest BCUT2D eigenvalue weighted by Gasteiger charge is 2.46. The van der Waals surface area contributed by atoms with Gasteiger partial charge in [0, 0.05) is 19.4 Å². The van der Waals surface area contributed by atoms with Crippen molar-refractivity contribution in [2.75, 3.05) is 19.5 Å². The monoisotopic (exact) mass is 604 g/mol. The molecule has 0 radical (unpaired) electrons. The molecule has 3 N–H and O–H groups in total. The third kappa shape index (κ3) is 8.36. The lowest BCUT2D eigenvalue weighted by atomic mass is 9.89. The fourth-order valence-electron chi connectivity index (χ4n) is 4.93. The van der Waals surface area contributed by atoms with E-state index < -0.39 is 53.8 Å². The summed E-state index contributed by atoms with van der Waals surface area (Å²) in [6.45, 7) is 8.90. The van der Waals surface area contributed by atoms with Crippen LogP contribution in [-0.2, 0) is 30.2 Å². The van der Waals surface area contributed by atoms with Gasteiger partial charge in [0.2, 0.25) is 5.91 Å². The Morgan fingerprint density at radius 3 is 2.57 bits per heavy atom. The van der Waals surface area contributed by atoms with E-state index in [9.17, 15) is 19.5 Å². The van der Waals surface area contributed by atoms with E-state index in [0.29, 0.717) is 23.4 Å². The number of hydrogen-bond donors (Lipinski definition) is 3. The first-order valence-corrected chi connectivity index (χ1v) is 14.3. The molecule has 3 rings (SSSR count). The van der Waals surface area contributed by atoms with Crippen molar-refractivity contribution in [1.82, 2.24) is 5.32 Å². The minimum Gasteiger partial charge on any atom is -0.495 e. The molecule has 0 saturated carbocycles. The number of rotatable bonds is 4. The van der Waals surface area contributed by atoms with E-state index in [1.807, 2.05) is 19.9 Å². The van der Waals surface area contributed by atoms with Gasteiger partial charge in [0.15, 0.2) is 5.72 Å². The topological polar surface area (TPSA) is 132 Å². The summed E-state index contributed by atoms with van der Waals surface area (Å²) in [6.07, 6.45) is 4.13. The molecule has 1 fully saturated rings.